The van der Waals surface area contributed by atoms with Crippen molar-refractivity contribution in [2.24, 2.45) is 0 Å². The molecule has 0 aromatic heterocycles. The Labute approximate surface area is 81.3 Å². The first kappa shape index (κ1) is 6.90. The van der Waals surface area contributed by atoms with Crippen LogP contribution >= 0.6 is 0 Å². The smallest absolute Gasteiger partial charge is 0.231 e. The van der Waals surface area contributed by atoms with Gasteiger partial charge in [-0.15, -0.1) is 0 Å². The molecule has 4 rings (SSSR count). The fourth-order valence-electron chi connectivity index (χ4n) is 2.43. The monoisotopic (exact) mass is 187 g/mol. The first-order valence-corrected chi connectivity index (χ1v) is 4.79. The minimum absolute atomic E-state index is 0.356. The molecule has 0 saturated heterocycles. The zero-order valence-corrected chi connectivity index (χ0v) is 7.49. The Kier molecular flexibility index (Phi) is 1.04. The number of ether oxygens (including phenoxy) is 2. The standard InChI is InChI=1S/C11H9NO2/c1-2-9-7-4-11-10(13-5-14-11)3-6(7)8(1)12-9/h1-4,8-9,12H,5H2. The molecule has 1 aromatic rings. The molecule has 3 aliphatic heterocycles. The van der Waals surface area contributed by atoms with E-state index in [2.05, 4.69) is 29.6 Å². The molecule has 0 saturated carbocycles. The summed E-state index contributed by atoms with van der Waals surface area (Å²) in [7, 11) is 0. The van der Waals surface area contributed by atoms with Gasteiger partial charge in [-0.05, 0) is 23.3 Å². The highest BCUT2D eigenvalue weighted by atomic mass is 16.7. The van der Waals surface area contributed by atoms with E-state index >= 15 is 0 Å². The Morgan fingerprint density at radius 3 is 2.14 bits per heavy atom. The van der Waals surface area contributed by atoms with Gasteiger partial charge in [0.15, 0.2) is 11.5 Å². The number of hydrogen-bond donors (Lipinski definition) is 1. The maximum absolute atomic E-state index is 5.36. The SMILES string of the molecule is C1=CC2NC1c1cc3c(cc12)OCO3. The van der Waals surface area contributed by atoms with Crippen LogP contribution in [-0.2, 0) is 0 Å². The summed E-state index contributed by atoms with van der Waals surface area (Å²) >= 11 is 0. The van der Waals surface area contributed by atoms with Crippen LogP contribution in [0.3, 0.4) is 0 Å². The summed E-state index contributed by atoms with van der Waals surface area (Å²) in [6.07, 6.45) is 4.41. The highest BCUT2D eigenvalue weighted by molar-refractivity contribution is 5.56. The van der Waals surface area contributed by atoms with Crippen LogP contribution in [0.4, 0.5) is 0 Å². The average molecular weight is 187 g/mol. The second kappa shape index (κ2) is 2.12. The highest BCUT2D eigenvalue weighted by Crippen LogP contribution is 2.46. The summed E-state index contributed by atoms with van der Waals surface area (Å²) in [5, 5.41) is 3.47. The van der Waals surface area contributed by atoms with E-state index in [9.17, 15) is 0 Å². The van der Waals surface area contributed by atoms with Gasteiger partial charge < -0.3 is 9.47 Å². The molecule has 0 radical (unpaired) electrons. The van der Waals surface area contributed by atoms with Crippen molar-refractivity contribution in [3.63, 3.8) is 0 Å². The summed E-state index contributed by atoms with van der Waals surface area (Å²) in [6.45, 7) is 0.356. The lowest BCUT2D eigenvalue weighted by atomic mass is 9.96. The maximum atomic E-state index is 5.36. The molecule has 0 fully saturated rings. The Hall–Kier alpha value is -1.48. The van der Waals surface area contributed by atoms with Crippen molar-refractivity contribution in [2.75, 3.05) is 6.79 Å². The van der Waals surface area contributed by atoms with Crippen molar-refractivity contribution in [3.8, 4) is 11.5 Å². The first-order chi connectivity index (χ1) is 6.92. The van der Waals surface area contributed by atoms with Gasteiger partial charge in [0.05, 0.1) is 12.1 Å². The van der Waals surface area contributed by atoms with E-state index in [0.717, 1.165) is 11.5 Å². The van der Waals surface area contributed by atoms with Crippen molar-refractivity contribution < 1.29 is 9.47 Å². The van der Waals surface area contributed by atoms with Crippen molar-refractivity contribution >= 4 is 0 Å². The van der Waals surface area contributed by atoms with E-state index in [1.807, 2.05) is 0 Å². The average Bonchev–Trinajstić information content (AvgIpc) is 2.90. The molecular weight excluding hydrogens is 178 g/mol. The second-order valence-corrected chi connectivity index (χ2v) is 3.84. The van der Waals surface area contributed by atoms with E-state index in [4.69, 9.17) is 9.47 Å². The molecule has 0 spiro atoms. The van der Waals surface area contributed by atoms with E-state index in [1.54, 1.807) is 0 Å². The zero-order chi connectivity index (χ0) is 9.12. The summed E-state index contributed by atoms with van der Waals surface area (Å²) in [5.41, 5.74) is 2.67. The van der Waals surface area contributed by atoms with Gasteiger partial charge in [0, 0.05) is 0 Å². The third kappa shape index (κ3) is 0.677. The third-order valence-corrected chi connectivity index (χ3v) is 3.10. The van der Waals surface area contributed by atoms with E-state index in [-0.39, 0.29) is 0 Å². The lowest BCUT2D eigenvalue weighted by Gasteiger charge is -2.09. The fourth-order valence-corrected chi connectivity index (χ4v) is 2.43. The molecule has 0 amide bonds. The van der Waals surface area contributed by atoms with Gasteiger partial charge in [-0.1, -0.05) is 12.2 Å². The minimum atomic E-state index is 0.356. The number of hydrogen-bond acceptors (Lipinski definition) is 3. The Bertz CT molecular complexity index is 414. The number of fused-ring (bicyclic) bond motifs is 6. The molecule has 1 aromatic carbocycles. The van der Waals surface area contributed by atoms with E-state index in [0.29, 0.717) is 18.9 Å². The molecule has 2 atom stereocenters. The number of benzene rings is 1. The van der Waals surface area contributed by atoms with Gasteiger partial charge in [0.2, 0.25) is 6.79 Å². The Balaban J connectivity index is 1.97. The predicted molar refractivity (Wildman–Crippen MR) is 50.3 cm³/mol. The fraction of sp³-hybridized carbons (Fsp3) is 0.273. The van der Waals surface area contributed by atoms with Crippen LogP contribution in [0.15, 0.2) is 24.3 Å². The van der Waals surface area contributed by atoms with Crippen molar-refractivity contribution in [1.82, 2.24) is 5.32 Å². The molecule has 3 heterocycles. The summed E-state index contributed by atoms with van der Waals surface area (Å²) in [6, 6.07) is 4.95. The molecule has 2 unspecified atom stereocenters. The molecule has 14 heavy (non-hydrogen) atoms. The van der Waals surface area contributed by atoms with Gasteiger partial charge in [-0.2, -0.15) is 0 Å². The van der Waals surface area contributed by atoms with E-state index in [1.165, 1.54) is 11.1 Å². The predicted octanol–water partition coefficient (Wildman–Crippen LogP) is 1.67. The molecule has 3 heteroatoms. The van der Waals surface area contributed by atoms with Crippen LogP contribution < -0.4 is 14.8 Å². The Morgan fingerprint density at radius 2 is 1.57 bits per heavy atom. The van der Waals surface area contributed by atoms with Gasteiger partial charge in [-0.25, -0.2) is 0 Å². The van der Waals surface area contributed by atoms with Gasteiger partial charge in [0.25, 0.3) is 0 Å². The van der Waals surface area contributed by atoms with Crippen LogP contribution in [-0.4, -0.2) is 6.79 Å². The van der Waals surface area contributed by atoms with Gasteiger partial charge in [0.1, 0.15) is 0 Å². The van der Waals surface area contributed by atoms with Gasteiger partial charge in [-0.3, -0.25) is 5.32 Å². The molecule has 3 aliphatic rings. The van der Waals surface area contributed by atoms with Crippen LogP contribution in [0.2, 0.25) is 0 Å². The van der Waals surface area contributed by atoms with Crippen molar-refractivity contribution in [3.05, 3.63) is 35.4 Å². The maximum Gasteiger partial charge on any atom is 0.231 e. The number of nitrogens with one attached hydrogen (secondary N) is 1. The minimum Gasteiger partial charge on any atom is -0.454 e. The lowest BCUT2D eigenvalue weighted by Crippen LogP contribution is -2.07. The third-order valence-electron chi connectivity index (χ3n) is 3.10. The molecule has 2 bridgehead atoms. The Morgan fingerprint density at radius 1 is 1.00 bits per heavy atom. The van der Waals surface area contributed by atoms with Crippen molar-refractivity contribution in [1.29, 1.82) is 0 Å². The normalized spacial score (nSPS) is 29.7. The summed E-state index contributed by atoms with van der Waals surface area (Å²) in [5.74, 6) is 1.76. The van der Waals surface area contributed by atoms with Crippen LogP contribution in [0, 0.1) is 0 Å². The quantitative estimate of drug-likeness (QED) is 0.627. The highest BCUT2D eigenvalue weighted by Gasteiger charge is 2.34. The molecule has 3 nitrogen and oxygen atoms in total. The molecular formula is C11H9NO2. The first-order valence-electron chi connectivity index (χ1n) is 4.79. The zero-order valence-electron chi connectivity index (χ0n) is 7.49. The van der Waals surface area contributed by atoms with Crippen LogP contribution in [0.5, 0.6) is 11.5 Å². The second-order valence-electron chi connectivity index (χ2n) is 3.84. The van der Waals surface area contributed by atoms with Crippen LogP contribution in [0.1, 0.15) is 23.2 Å². The summed E-state index contributed by atoms with van der Waals surface area (Å²) < 4.78 is 10.7. The topological polar surface area (TPSA) is 30.5 Å². The van der Waals surface area contributed by atoms with E-state index < -0.39 is 0 Å². The molecule has 70 valence electrons. The molecule has 0 aliphatic carbocycles. The van der Waals surface area contributed by atoms with Crippen LogP contribution in [0.25, 0.3) is 0 Å². The molecule has 1 N–H and O–H groups in total. The van der Waals surface area contributed by atoms with Gasteiger partial charge >= 0.3 is 0 Å². The van der Waals surface area contributed by atoms with Crippen molar-refractivity contribution in [2.45, 2.75) is 12.1 Å². The lowest BCUT2D eigenvalue weighted by molar-refractivity contribution is 0.174. The summed E-state index contributed by atoms with van der Waals surface area (Å²) in [4.78, 5) is 0. The number of rotatable bonds is 0. The largest absolute Gasteiger partial charge is 0.454 e.